The lowest BCUT2D eigenvalue weighted by Gasteiger charge is -2.27. The van der Waals surface area contributed by atoms with E-state index in [1.807, 2.05) is 0 Å². The highest BCUT2D eigenvalue weighted by molar-refractivity contribution is 5.20. The third-order valence-corrected chi connectivity index (χ3v) is 2.63. The van der Waals surface area contributed by atoms with Crippen molar-refractivity contribution >= 4 is 0 Å². The molecule has 0 aliphatic carbocycles. The fourth-order valence-corrected chi connectivity index (χ4v) is 1.49. The number of hydrogen-bond acceptors (Lipinski definition) is 2. The van der Waals surface area contributed by atoms with Gasteiger partial charge in [-0.3, -0.25) is 0 Å². The summed E-state index contributed by atoms with van der Waals surface area (Å²) in [7, 11) is 0. The van der Waals surface area contributed by atoms with Gasteiger partial charge in [-0.05, 0) is 25.5 Å². The zero-order valence-corrected chi connectivity index (χ0v) is 8.62. The van der Waals surface area contributed by atoms with Gasteiger partial charge in [-0.25, -0.2) is 0 Å². The van der Waals surface area contributed by atoms with Crippen molar-refractivity contribution in [3.05, 3.63) is 35.4 Å². The molecule has 2 nitrogen and oxygen atoms in total. The number of nitrogens with one attached hydrogen (secondary N) is 1. The summed E-state index contributed by atoms with van der Waals surface area (Å²) in [6.07, 6.45) is 1.26. The molecular weight excluding hydrogens is 174 g/mol. The van der Waals surface area contributed by atoms with E-state index >= 15 is 0 Å². The minimum atomic E-state index is 0.598. The van der Waals surface area contributed by atoms with Crippen LogP contribution >= 0.6 is 0 Å². The van der Waals surface area contributed by atoms with E-state index in [1.54, 1.807) is 0 Å². The Balaban J connectivity index is 1.71. The van der Waals surface area contributed by atoms with Crippen molar-refractivity contribution in [1.82, 2.24) is 5.32 Å². The molecule has 14 heavy (non-hydrogen) atoms. The van der Waals surface area contributed by atoms with Crippen LogP contribution < -0.4 is 5.32 Å². The predicted molar refractivity (Wildman–Crippen MR) is 57.2 cm³/mol. The maximum absolute atomic E-state index is 5.60. The summed E-state index contributed by atoms with van der Waals surface area (Å²) in [6.45, 7) is 4.83. The molecule has 1 unspecified atom stereocenters. The second-order valence-electron chi connectivity index (χ2n) is 3.94. The molecule has 0 spiro atoms. The van der Waals surface area contributed by atoms with Gasteiger partial charge < -0.3 is 10.1 Å². The second kappa shape index (κ2) is 4.58. The summed E-state index contributed by atoms with van der Waals surface area (Å²) >= 11 is 0. The van der Waals surface area contributed by atoms with Crippen molar-refractivity contribution in [1.29, 1.82) is 0 Å². The molecule has 2 rings (SSSR count). The predicted octanol–water partition coefficient (Wildman–Crippen LogP) is 1.87. The Labute approximate surface area is 85.3 Å². The van der Waals surface area contributed by atoms with Crippen molar-refractivity contribution in [2.24, 2.45) is 0 Å². The molecule has 76 valence electrons. The van der Waals surface area contributed by atoms with Crippen molar-refractivity contribution in [3.63, 3.8) is 0 Å². The molecule has 0 aromatic heterocycles. The Hall–Kier alpha value is -0.860. The van der Waals surface area contributed by atoms with E-state index in [0.29, 0.717) is 6.04 Å². The summed E-state index contributed by atoms with van der Waals surface area (Å²) in [5.41, 5.74) is 2.56. The van der Waals surface area contributed by atoms with Crippen LogP contribution in [0.5, 0.6) is 0 Å². The highest BCUT2D eigenvalue weighted by atomic mass is 16.5. The molecule has 0 radical (unpaired) electrons. The SMILES string of the molecule is Cc1ccc(COCC2CCN2)cc1. The highest BCUT2D eigenvalue weighted by Gasteiger charge is 2.15. The van der Waals surface area contributed by atoms with Gasteiger partial charge >= 0.3 is 0 Å². The van der Waals surface area contributed by atoms with Crippen LogP contribution in [0.3, 0.4) is 0 Å². The van der Waals surface area contributed by atoms with E-state index in [-0.39, 0.29) is 0 Å². The largest absolute Gasteiger partial charge is 0.375 e. The van der Waals surface area contributed by atoms with Gasteiger partial charge in [-0.1, -0.05) is 29.8 Å². The molecule has 1 atom stereocenters. The van der Waals surface area contributed by atoms with Crippen LogP contribution in [0.4, 0.5) is 0 Å². The summed E-state index contributed by atoms with van der Waals surface area (Å²) in [4.78, 5) is 0. The Kier molecular flexibility index (Phi) is 3.17. The Morgan fingerprint density at radius 3 is 2.64 bits per heavy atom. The van der Waals surface area contributed by atoms with Crippen LogP contribution in [0.1, 0.15) is 17.5 Å². The standard InChI is InChI=1S/C12H17NO/c1-10-2-4-11(5-3-10)8-14-9-12-6-7-13-12/h2-5,12-13H,6-9H2,1H3. The van der Waals surface area contributed by atoms with Crippen LogP contribution in [-0.2, 0) is 11.3 Å². The average Bonchev–Trinajstić information content (AvgIpc) is 2.12. The van der Waals surface area contributed by atoms with Crippen LogP contribution in [0.15, 0.2) is 24.3 Å². The molecule has 1 aliphatic rings. The molecule has 1 aromatic rings. The van der Waals surface area contributed by atoms with Gasteiger partial charge in [0.05, 0.1) is 13.2 Å². The smallest absolute Gasteiger partial charge is 0.0717 e. The van der Waals surface area contributed by atoms with Gasteiger partial charge in [0.1, 0.15) is 0 Å². The van der Waals surface area contributed by atoms with Gasteiger partial charge in [0.15, 0.2) is 0 Å². The van der Waals surface area contributed by atoms with Gasteiger partial charge in [-0.2, -0.15) is 0 Å². The summed E-state index contributed by atoms with van der Waals surface area (Å²) in [6, 6.07) is 9.11. The minimum absolute atomic E-state index is 0.598. The van der Waals surface area contributed by atoms with Gasteiger partial charge in [0.25, 0.3) is 0 Å². The number of benzene rings is 1. The second-order valence-corrected chi connectivity index (χ2v) is 3.94. The number of aryl methyl sites for hydroxylation is 1. The number of ether oxygens (including phenoxy) is 1. The van der Waals surface area contributed by atoms with Crippen molar-refractivity contribution in [2.45, 2.75) is 26.0 Å². The molecule has 1 N–H and O–H groups in total. The van der Waals surface area contributed by atoms with E-state index in [9.17, 15) is 0 Å². The zero-order valence-electron chi connectivity index (χ0n) is 8.62. The highest BCUT2D eigenvalue weighted by Crippen LogP contribution is 2.07. The Morgan fingerprint density at radius 2 is 2.07 bits per heavy atom. The maximum Gasteiger partial charge on any atom is 0.0717 e. The fourth-order valence-electron chi connectivity index (χ4n) is 1.49. The molecule has 1 saturated heterocycles. The van der Waals surface area contributed by atoms with Crippen LogP contribution in [0, 0.1) is 6.92 Å². The lowest BCUT2D eigenvalue weighted by Crippen LogP contribution is -2.45. The molecule has 1 fully saturated rings. The Bertz CT molecular complexity index is 277. The van der Waals surface area contributed by atoms with Crippen LogP contribution in [0.2, 0.25) is 0 Å². The van der Waals surface area contributed by atoms with Gasteiger partial charge in [0, 0.05) is 6.04 Å². The molecule has 1 aromatic carbocycles. The quantitative estimate of drug-likeness (QED) is 0.784. The molecular formula is C12H17NO. The summed E-state index contributed by atoms with van der Waals surface area (Å²) in [5, 5.41) is 3.32. The third-order valence-electron chi connectivity index (χ3n) is 2.63. The van der Waals surface area contributed by atoms with Crippen molar-refractivity contribution < 1.29 is 4.74 Å². The molecule has 1 heterocycles. The Morgan fingerprint density at radius 1 is 1.36 bits per heavy atom. The average molecular weight is 191 g/mol. The van der Waals surface area contributed by atoms with E-state index in [4.69, 9.17) is 4.74 Å². The van der Waals surface area contributed by atoms with Gasteiger partial charge in [-0.15, -0.1) is 0 Å². The number of hydrogen-bond donors (Lipinski definition) is 1. The van der Waals surface area contributed by atoms with Crippen molar-refractivity contribution in [2.75, 3.05) is 13.2 Å². The first-order valence-corrected chi connectivity index (χ1v) is 5.21. The zero-order chi connectivity index (χ0) is 9.80. The van der Waals surface area contributed by atoms with E-state index in [0.717, 1.165) is 19.8 Å². The van der Waals surface area contributed by atoms with Crippen LogP contribution in [-0.4, -0.2) is 19.2 Å². The topological polar surface area (TPSA) is 21.3 Å². The molecule has 0 bridgehead atoms. The first-order chi connectivity index (χ1) is 6.84. The van der Waals surface area contributed by atoms with Crippen LogP contribution in [0.25, 0.3) is 0 Å². The molecule has 1 aliphatic heterocycles. The van der Waals surface area contributed by atoms with E-state index in [2.05, 4.69) is 36.5 Å². The third kappa shape index (κ3) is 2.56. The first-order valence-electron chi connectivity index (χ1n) is 5.21. The van der Waals surface area contributed by atoms with Gasteiger partial charge in [0.2, 0.25) is 0 Å². The van der Waals surface area contributed by atoms with Crippen molar-refractivity contribution in [3.8, 4) is 0 Å². The molecule has 2 heteroatoms. The lowest BCUT2D eigenvalue weighted by atomic mass is 10.1. The summed E-state index contributed by atoms with van der Waals surface area (Å²) < 4.78 is 5.60. The van der Waals surface area contributed by atoms with E-state index < -0.39 is 0 Å². The van der Waals surface area contributed by atoms with E-state index in [1.165, 1.54) is 17.5 Å². The lowest BCUT2D eigenvalue weighted by molar-refractivity contribution is 0.0807. The maximum atomic E-state index is 5.60. The normalized spacial score (nSPS) is 20.5. The molecule has 0 amide bonds. The molecule has 0 saturated carbocycles. The first kappa shape index (κ1) is 9.69. The fraction of sp³-hybridized carbons (Fsp3) is 0.500. The number of rotatable bonds is 4. The monoisotopic (exact) mass is 191 g/mol. The minimum Gasteiger partial charge on any atom is -0.375 e. The summed E-state index contributed by atoms with van der Waals surface area (Å²) in [5.74, 6) is 0.